The molecule has 4 aliphatic rings. The van der Waals surface area contributed by atoms with Gasteiger partial charge in [-0.15, -0.1) is 5.06 Å². The van der Waals surface area contributed by atoms with E-state index in [1.807, 2.05) is 13.8 Å². The van der Waals surface area contributed by atoms with Crippen LogP contribution in [0.5, 0.6) is 0 Å². The summed E-state index contributed by atoms with van der Waals surface area (Å²) in [4.78, 5) is 30.6. The summed E-state index contributed by atoms with van der Waals surface area (Å²) >= 11 is 0. The van der Waals surface area contributed by atoms with Gasteiger partial charge in [0.15, 0.2) is 17.9 Å². The van der Waals surface area contributed by atoms with Gasteiger partial charge in [0.05, 0.1) is 11.1 Å². The predicted octanol–water partition coefficient (Wildman–Crippen LogP) is 1.61. The standard InChI is InChI=1S/C20H23NO8/c1-19(2)26-13-12(25-18-15(14(13)27-19)28-20(3,4)29-18)9-24-21-16(22)10-7-5-6-8-11(10)17(21)23/h5-8,12-15,18H,9H2,1-4H3/t12-,13+,14+,15-,18-/m1/s1. The molecule has 0 saturated carbocycles. The number of nitrogens with zero attached hydrogens (tertiary/aromatic N) is 1. The summed E-state index contributed by atoms with van der Waals surface area (Å²) in [6.07, 6.45) is -2.67. The van der Waals surface area contributed by atoms with E-state index in [9.17, 15) is 9.59 Å². The summed E-state index contributed by atoms with van der Waals surface area (Å²) in [6.45, 7) is 7.13. The minimum absolute atomic E-state index is 0.0842. The van der Waals surface area contributed by atoms with Gasteiger partial charge in [-0.1, -0.05) is 12.1 Å². The predicted molar refractivity (Wildman–Crippen MR) is 95.4 cm³/mol. The first-order valence-corrected chi connectivity index (χ1v) is 9.63. The van der Waals surface area contributed by atoms with Crippen LogP contribution in [-0.4, -0.2) is 65.8 Å². The lowest BCUT2D eigenvalue weighted by molar-refractivity contribution is -0.254. The maximum atomic E-state index is 12.5. The molecule has 3 saturated heterocycles. The van der Waals surface area contributed by atoms with Gasteiger partial charge in [0.1, 0.15) is 31.0 Å². The lowest BCUT2D eigenvalue weighted by atomic mass is 9.99. The zero-order valence-corrected chi connectivity index (χ0v) is 16.6. The monoisotopic (exact) mass is 405 g/mol. The topological polar surface area (TPSA) is 92.8 Å². The van der Waals surface area contributed by atoms with Crippen molar-refractivity contribution in [1.29, 1.82) is 0 Å². The second kappa shape index (κ2) is 6.31. The number of carbonyl (C=O) groups excluding carboxylic acids is 2. The largest absolute Gasteiger partial charge is 0.342 e. The summed E-state index contributed by atoms with van der Waals surface area (Å²) in [6, 6.07) is 6.60. The van der Waals surface area contributed by atoms with Crippen LogP contribution in [0.4, 0.5) is 0 Å². The summed E-state index contributed by atoms with van der Waals surface area (Å²) in [5, 5.41) is 0.770. The number of carbonyl (C=O) groups is 2. The molecule has 0 radical (unpaired) electrons. The van der Waals surface area contributed by atoms with Crippen LogP contribution in [-0.2, 0) is 28.5 Å². The van der Waals surface area contributed by atoms with Gasteiger partial charge in [-0.2, -0.15) is 0 Å². The Morgan fingerprint density at radius 2 is 1.41 bits per heavy atom. The summed E-state index contributed by atoms with van der Waals surface area (Å²) in [5.74, 6) is -2.66. The van der Waals surface area contributed by atoms with E-state index in [0.717, 1.165) is 5.06 Å². The number of imide groups is 1. The molecule has 3 fully saturated rings. The molecular formula is C20H23NO8. The fourth-order valence-corrected chi connectivity index (χ4v) is 4.26. The minimum atomic E-state index is -0.836. The van der Waals surface area contributed by atoms with Crippen molar-refractivity contribution in [3.8, 4) is 0 Å². The van der Waals surface area contributed by atoms with Crippen LogP contribution in [0.3, 0.4) is 0 Å². The molecule has 9 nitrogen and oxygen atoms in total. The molecule has 9 heteroatoms. The molecule has 0 N–H and O–H groups in total. The Morgan fingerprint density at radius 3 is 2.07 bits per heavy atom. The number of benzene rings is 1. The number of fused-ring (bicyclic) bond motifs is 4. The third kappa shape index (κ3) is 3.09. The van der Waals surface area contributed by atoms with E-state index < -0.39 is 54.1 Å². The number of hydroxylamine groups is 2. The van der Waals surface area contributed by atoms with Gasteiger partial charge >= 0.3 is 0 Å². The molecule has 0 aliphatic carbocycles. The SMILES string of the molecule is CC1(C)O[C@H]2[C@@H](O1)[C@@H](CON1C(=O)c3ccccc3C1=O)O[C@@H]1OC(C)(C)O[C@@H]12. The smallest absolute Gasteiger partial charge is 0.285 e. The van der Waals surface area contributed by atoms with Crippen LogP contribution in [0.15, 0.2) is 24.3 Å². The fraction of sp³-hybridized carbons (Fsp3) is 0.600. The van der Waals surface area contributed by atoms with E-state index in [1.54, 1.807) is 38.1 Å². The van der Waals surface area contributed by atoms with E-state index in [1.165, 1.54) is 0 Å². The highest BCUT2D eigenvalue weighted by atomic mass is 16.9. The van der Waals surface area contributed by atoms with Gasteiger partial charge in [0.2, 0.25) is 0 Å². The molecule has 0 spiro atoms. The quantitative estimate of drug-likeness (QED) is 0.701. The van der Waals surface area contributed by atoms with Gasteiger partial charge in [-0.05, 0) is 39.8 Å². The Labute approximate surface area is 167 Å². The highest BCUT2D eigenvalue weighted by Gasteiger charge is 2.61. The molecule has 0 bridgehead atoms. The molecule has 29 heavy (non-hydrogen) atoms. The van der Waals surface area contributed by atoms with Crippen LogP contribution < -0.4 is 0 Å². The molecule has 0 aromatic heterocycles. The van der Waals surface area contributed by atoms with Gasteiger partial charge in [0, 0.05) is 0 Å². The van der Waals surface area contributed by atoms with Crippen molar-refractivity contribution in [1.82, 2.24) is 5.06 Å². The lowest BCUT2D eigenvalue weighted by Crippen LogP contribution is -2.56. The summed E-state index contributed by atoms with van der Waals surface area (Å²) in [5.41, 5.74) is 0.631. The number of hydrogen-bond donors (Lipinski definition) is 0. The zero-order chi connectivity index (χ0) is 20.6. The van der Waals surface area contributed by atoms with Gasteiger partial charge in [-0.25, -0.2) is 0 Å². The Bertz CT molecular complexity index is 833. The first-order valence-electron chi connectivity index (χ1n) is 9.63. The molecular weight excluding hydrogens is 382 g/mol. The van der Waals surface area contributed by atoms with Crippen molar-refractivity contribution in [2.45, 2.75) is 70.0 Å². The third-order valence-electron chi connectivity index (χ3n) is 5.38. The van der Waals surface area contributed by atoms with E-state index in [2.05, 4.69) is 0 Å². The molecule has 1 aromatic rings. The number of hydrogen-bond acceptors (Lipinski definition) is 8. The third-order valence-corrected chi connectivity index (χ3v) is 5.38. The lowest BCUT2D eigenvalue weighted by Gasteiger charge is -2.37. The van der Waals surface area contributed by atoms with Gasteiger partial charge in [-0.3, -0.25) is 14.4 Å². The maximum absolute atomic E-state index is 12.5. The zero-order valence-electron chi connectivity index (χ0n) is 16.6. The average Bonchev–Trinajstić information content (AvgIpc) is 3.22. The van der Waals surface area contributed by atoms with Crippen LogP contribution in [0, 0.1) is 0 Å². The highest BCUT2D eigenvalue weighted by molar-refractivity contribution is 6.20. The van der Waals surface area contributed by atoms with Crippen molar-refractivity contribution in [2.75, 3.05) is 6.61 Å². The normalized spacial score (nSPS) is 36.8. The molecule has 2 amide bonds. The first kappa shape index (κ1) is 19.1. The van der Waals surface area contributed by atoms with Crippen LogP contribution in [0.25, 0.3) is 0 Å². The molecule has 0 unspecified atom stereocenters. The molecule has 4 aliphatic heterocycles. The second-order valence-corrected chi connectivity index (χ2v) is 8.45. The Hall–Kier alpha value is -1.88. The second-order valence-electron chi connectivity index (χ2n) is 8.45. The van der Waals surface area contributed by atoms with Gasteiger partial charge < -0.3 is 23.7 Å². The number of amides is 2. The van der Waals surface area contributed by atoms with Crippen molar-refractivity contribution < 1.29 is 38.1 Å². The van der Waals surface area contributed by atoms with Gasteiger partial charge in [0.25, 0.3) is 11.8 Å². The van der Waals surface area contributed by atoms with E-state index >= 15 is 0 Å². The summed E-state index contributed by atoms with van der Waals surface area (Å²) < 4.78 is 29.9. The van der Waals surface area contributed by atoms with E-state index in [0.29, 0.717) is 11.1 Å². The van der Waals surface area contributed by atoms with Crippen LogP contribution >= 0.6 is 0 Å². The van der Waals surface area contributed by atoms with Crippen molar-refractivity contribution >= 4 is 11.8 Å². The molecule has 5 rings (SSSR count). The van der Waals surface area contributed by atoms with Crippen molar-refractivity contribution in [2.24, 2.45) is 0 Å². The average molecular weight is 405 g/mol. The van der Waals surface area contributed by atoms with E-state index in [4.69, 9.17) is 28.5 Å². The molecule has 156 valence electrons. The minimum Gasteiger partial charge on any atom is -0.342 e. The first-order chi connectivity index (χ1) is 13.7. The summed E-state index contributed by atoms with van der Waals surface area (Å²) in [7, 11) is 0. The van der Waals surface area contributed by atoms with Crippen LogP contribution in [0.2, 0.25) is 0 Å². The Morgan fingerprint density at radius 1 is 0.862 bits per heavy atom. The van der Waals surface area contributed by atoms with E-state index in [-0.39, 0.29) is 6.61 Å². The van der Waals surface area contributed by atoms with Crippen molar-refractivity contribution in [3.05, 3.63) is 35.4 Å². The molecule has 5 atom stereocenters. The Balaban J connectivity index is 1.34. The Kier molecular flexibility index (Phi) is 4.16. The maximum Gasteiger partial charge on any atom is 0.285 e. The highest BCUT2D eigenvalue weighted by Crippen LogP contribution is 2.44. The number of rotatable bonds is 3. The fourth-order valence-electron chi connectivity index (χ4n) is 4.26. The molecule has 1 aromatic carbocycles. The van der Waals surface area contributed by atoms with Crippen LogP contribution in [0.1, 0.15) is 48.4 Å². The van der Waals surface area contributed by atoms with Crippen molar-refractivity contribution in [3.63, 3.8) is 0 Å². The number of ether oxygens (including phenoxy) is 5. The molecule has 4 heterocycles.